The highest BCUT2D eigenvalue weighted by molar-refractivity contribution is 7.13. The fourth-order valence-electron chi connectivity index (χ4n) is 3.25. The Morgan fingerprint density at radius 3 is 2.88 bits per heavy atom. The molecule has 2 heterocycles. The highest BCUT2D eigenvalue weighted by Gasteiger charge is 2.23. The number of rotatable bonds is 7. The van der Waals surface area contributed by atoms with Gasteiger partial charge in [-0.2, -0.15) is 0 Å². The molecule has 3 N–H and O–H groups in total. The van der Waals surface area contributed by atoms with E-state index < -0.39 is 0 Å². The Bertz CT molecular complexity index is 679. The number of carbonyl (C=O) groups is 1. The average molecular weight is 395 g/mol. The van der Waals surface area contributed by atoms with Crippen molar-refractivity contribution in [1.29, 1.82) is 0 Å². The van der Waals surface area contributed by atoms with Crippen LogP contribution in [0.3, 0.4) is 0 Å². The van der Waals surface area contributed by atoms with Crippen LogP contribution in [0.15, 0.2) is 35.7 Å². The Kier molecular flexibility index (Phi) is 8.51. The van der Waals surface area contributed by atoms with E-state index in [1.807, 2.05) is 18.2 Å². The van der Waals surface area contributed by atoms with Crippen molar-refractivity contribution in [2.24, 2.45) is 5.73 Å². The molecule has 7 heteroatoms. The van der Waals surface area contributed by atoms with Gasteiger partial charge in [0.2, 0.25) is 5.91 Å². The Morgan fingerprint density at radius 1 is 1.31 bits per heavy atom. The number of piperidine rings is 1. The smallest absolute Gasteiger partial charge is 0.221 e. The predicted molar refractivity (Wildman–Crippen MR) is 110 cm³/mol. The molecule has 3 rings (SSSR count). The van der Waals surface area contributed by atoms with Gasteiger partial charge in [-0.05, 0) is 19.4 Å². The van der Waals surface area contributed by atoms with Gasteiger partial charge in [0.05, 0.1) is 5.69 Å². The van der Waals surface area contributed by atoms with Crippen molar-refractivity contribution in [1.82, 2.24) is 15.2 Å². The van der Waals surface area contributed by atoms with Gasteiger partial charge < -0.3 is 11.1 Å². The van der Waals surface area contributed by atoms with Crippen molar-refractivity contribution in [3.8, 4) is 10.6 Å². The number of nitrogens with two attached hydrogens (primary N) is 1. The molecule has 5 nitrogen and oxygen atoms in total. The molecule has 1 amide bonds. The van der Waals surface area contributed by atoms with Crippen molar-refractivity contribution in [2.45, 2.75) is 38.3 Å². The zero-order valence-electron chi connectivity index (χ0n) is 14.9. The minimum absolute atomic E-state index is 0. The van der Waals surface area contributed by atoms with Crippen molar-refractivity contribution in [2.75, 3.05) is 19.6 Å². The summed E-state index contributed by atoms with van der Waals surface area (Å²) < 4.78 is 0. The number of likely N-dealkylation sites (tertiary alicyclic amines) is 1. The lowest BCUT2D eigenvalue weighted by molar-refractivity contribution is -0.121. The van der Waals surface area contributed by atoms with E-state index in [9.17, 15) is 4.79 Å². The Morgan fingerprint density at radius 2 is 2.12 bits per heavy atom. The van der Waals surface area contributed by atoms with Crippen molar-refractivity contribution in [3.05, 3.63) is 41.4 Å². The molecule has 0 saturated carbocycles. The van der Waals surface area contributed by atoms with Gasteiger partial charge in [-0.15, -0.1) is 23.7 Å². The van der Waals surface area contributed by atoms with Crippen LogP contribution in [0.1, 0.15) is 31.4 Å². The Labute approximate surface area is 165 Å². The van der Waals surface area contributed by atoms with E-state index in [1.54, 1.807) is 11.3 Å². The van der Waals surface area contributed by atoms with Gasteiger partial charge >= 0.3 is 0 Å². The molecule has 1 aromatic carbocycles. The molecule has 1 atom stereocenters. The molecular formula is C19H27ClN4OS. The van der Waals surface area contributed by atoms with Crippen molar-refractivity contribution < 1.29 is 4.79 Å². The van der Waals surface area contributed by atoms with Crippen LogP contribution < -0.4 is 11.1 Å². The summed E-state index contributed by atoms with van der Waals surface area (Å²) in [7, 11) is 0. The quantitative estimate of drug-likeness (QED) is 0.757. The van der Waals surface area contributed by atoms with Crippen LogP contribution in [0.25, 0.3) is 10.6 Å². The molecule has 1 saturated heterocycles. The number of benzene rings is 1. The van der Waals surface area contributed by atoms with E-state index in [0.717, 1.165) is 30.2 Å². The first-order valence-electron chi connectivity index (χ1n) is 8.97. The number of hydrogen-bond acceptors (Lipinski definition) is 5. The monoisotopic (exact) mass is 394 g/mol. The standard InChI is InChI=1S/C19H26N4OS.ClH/c20-10-9-18(24)21-12-17-8-4-5-11-23(17)13-16-14-25-19(22-16)15-6-2-1-3-7-15;/h1-3,6-7,14,17H,4-5,8-13,20H2,(H,21,24);1H. The largest absolute Gasteiger partial charge is 0.354 e. The zero-order valence-corrected chi connectivity index (χ0v) is 16.5. The van der Waals surface area contributed by atoms with Gasteiger partial charge in [-0.3, -0.25) is 9.69 Å². The van der Waals surface area contributed by atoms with Crippen LogP contribution in [-0.2, 0) is 11.3 Å². The summed E-state index contributed by atoms with van der Waals surface area (Å²) in [5.41, 5.74) is 7.72. The number of nitrogens with zero attached hydrogens (tertiary/aromatic N) is 2. The molecule has 1 aromatic heterocycles. The molecule has 0 radical (unpaired) electrons. The highest BCUT2D eigenvalue weighted by Crippen LogP contribution is 2.25. The van der Waals surface area contributed by atoms with Crippen molar-refractivity contribution >= 4 is 29.7 Å². The number of amides is 1. The summed E-state index contributed by atoms with van der Waals surface area (Å²) >= 11 is 1.70. The second-order valence-corrected chi connectivity index (χ2v) is 7.33. The zero-order chi connectivity index (χ0) is 17.5. The summed E-state index contributed by atoms with van der Waals surface area (Å²) in [4.78, 5) is 19.0. The van der Waals surface area contributed by atoms with Crippen molar-refractivity contribution in [3.63, 3.8) is 0 Å². The average Bonchev–Trinajstić information content (AvgIpc) is 3.11. The van der Waals surface area contributed by atoms with Gasteiger partial charge in [0.1, 0.15) is 5.01 Å². The van der Waals surface area contributed by atoms with E-state index in [-0.39, 0.29) is 18.3 Å². The number of nitrogens with one attached hydrogen (secondary N) is 1. The van der Waals surface area contributed by atoms with Crippen LogP contribution in [-0.4, -0.2) is 41.5 Å². The lowest BCUT2D eigenvalue weighted by Gasteiger charge is -2.35. The Hall–Kier alpha value is -1.47. The lowest BCUT2D eigenvalue weighted by Crippen LogP contribution is -2.46. The topological polar surface area (TPSA) is 71.2 Å². The van der Waals surface area contributed by atoms with Crippen LogP contribution in [0.5, 0.6) is 0 Å². The van der Waals surface area contributed by atoms with Crippen LogP contribution >= 0.6 is 23.7 Å². The summed E-state index contributed by atoms with van der Waals surface area (Å²) in [5, 5.41) is 6.25. The molecule has 26 heavy (non-hydrogen) atoms. The molecule has 2 aromatic rings. The van der Waals surface area contributed by atoms with Crippen LogP contribution in [0.2, 0.25) is 0 Å². The normalized spacial score (nSPS) is 17.5. The van der Waals surface area contributed by atoms with E-state index in [2.05, 4.69) is 27.7 Å². The first kappa shape index (κ1) is 20.8. The number of halogens is 1. The molecular weight excluding hydrogens is 368 g/mol. The number of hydrogen-bond donors (Lipinski definition) is 2. The maximum absolute atomic E-state index is 11.7. The van der Waals surface area contributed by atoms with Crippen LogP contribution in [0, 0.1) is 0 Å². The van der Waals surface area contributed by atoms with Gasteiger partial charge in [0.25, 0.3) is 0 Å². The van der Waals surface area contributed by atoms with E-state index in [1.165, 1.54) is 18.4 Å². The molecule has 0 aliphatic carbocycles. The van der Waals surface area contributed by atoms with E-state index in [0.29, 0.717) is 25.6 Å². The van der Waals surface area contributed by atoms with Gasteiger partial charge in [-0.25, -0.2) is 4.98 Å². The summed E-state index contributed by atoms with van der Waals surface area (Å²) in [5.74, 6) is 0.0491. The number of aromatic nitrogens is 1. The minimum atomic E-state index is 0. The summed E-state index contributed by atoms with van der Waals surface area (Å²) in [6, 6.07) is 10.7. The second-order valence-electron chi connectivity index (χ2n) is 6.47. The third-order valence-electron chi connectivity index (χ3n) is 4.59. The SMILES string of the molecule is Cl.NCCC(=O)NCC1CCCCN1Cc1csc(-c2ccccc2)n1. The Balaban J connectivity index is 0.00000243. The third-order valence-corrected chi connectivity index (χ3v) is 5.53. The van der Waals surface area contributed by atoms with E-state index in [4.69, 9.17) is 10.7 Å². The summed E-state index contributed by atoms with van der Waals surface area (Å²) in [6.45, 7) is 3.02. The molecule has 1 aliphatic rings. The third kappa shape index (κ3) is 5.77. The molecule has 1 aliphatic heterocycles. The molecule has 1 fully saturated rings. The fourth-order valence-corrected chi connectivity index (χ4v) is 4.07. The molecule has 1 unspecified atom stereocenters. The highest BCUT2D eigenvalue weighted by atomic mass is 35.5. The molecule has 0 spiro atoms. The van der Waals surface area contributed by atoms with E-state index >= 15 is 0 Å². The number of carbonyl (C=O) groups excluding carboxylic acids is 1. The maximum atomic E-state index is 11.7. The predicted octanol–water partition coefficient (Wildman–Crippen LogP) is 3.05. The van der Waals surface area contributed by atoms with Gasteiger partial charge in [-0.1, -0.05) is 36.8 Å². The molecule has 142 valence electrons. The fraction of sp³-hybridized carbons (Fsp3) is 0.474. The first-order chi connectivity index (χ1) is 12.3. The lowest BCUT2D eigenvalue weighted by atomic mass is 10.0. The molecule has 0 bridgehead atoms. The maximum Gasteiger partial charge on any atom is 0.221 e. The minimum Gasteiger partial charge on any atom is -0.354 e. The second kappa shape index (κ2) is 10.6. The summed E-state index contributed by atoms with van der Waals surface area (Å²) in [6.07, 6.45) is 3.96. The van der Waals surface area contributed by atoms with Gasteiger partial charge in [0, 0.05) is 43.0 Å². The van der Waals surface area contributed by atoms with Crippen LogP contribution in [0.4, 0.5) is 0 Å². The first-order valence-corrected chi connectivity index (χ1v) is 9.85. The van der Waals surface area contributed by atoms with Gasteiger partial charge in [0.15, 0.2) is 0 Å². The number of thiazole rings is 1.